The van der Waals surface area contributed by atoms with E-state index in [9.17, 15) is 14.9 Å². The number of hydrogen-bond acceptors (Lipinski definition) is 4. The molecule has 0 spiro atoms. The van der Waals surface area contributed by atoms with E-state index >= 15 is 0 Å². The van der Waals surface area contributed by atoms with E-state index in [1.165, 1.54) is 6.07 Å². The molecule has 27 heavy (non-hydrogen) atoms. The van der Waals surface area contributed by atoms with Crippen LogP contribution in [0.4, 0.5) is 11.4 Å². The van der Waals surface area contributed by atoms with Crippen LogP contribution in [0.15, 0.2) is 48.5 Å². The number of benzene rings is 2. The standard InChI is InChI=1S/C21H25N3O3/c1-15-10-16(2)14-23(13-15)21(25)18-8-9-19(20(11-18)24(26)27)22-12-17-6-4-3-5-7-17/h3-9,11,15-16,22H,10,12-14H2,1-2H3. The number of nitro groups is 1. The van der Waals surface area contributed by atoms with Gasteiger partial charge in [-0.25, -0.2) is 0 Å². The van der Waals surface area contributed by atoms with Crippen LogP contribution in [0.5, 0.6) is 0 Å². The smallest absolute Gasteiger partial charge is 0.293 e. The maximum absolute atomic E-state index is 12.8. The van der Waals surface area contributed by atoms with Crippen LogP contribution in [0.3, 0.4) is 0 Å². The number of carbonyl (C=O) groups excluding carboxylic acids is 1. The molecule has 3 rings (SSSR count). The van der Waals surface area contributed by atoms with Gasteiger partial charge in [-0.05, 0) is 36.0 Å². The van der Waals surface area contributed by atoms with Crippen LogP contribution in [0.25, 0.3) is 0 Å². The molecular formula is C21H25N3O3. The zero-order valence-electron chi connectivity index (χ0n) is 15.7. The predicted molar refractivity (Wildman–Crippen MR) is 106 cm³/mol. The lowest BCUT2D eigenvalue weighted by Gasteiger charge is -2.35. The van der Waals surface area contributed by atoms with Crippen LogP contribution >= 0.6 is 0 Å². The SMILES string of the molecule is CC1CC(C)CN(C(=O)c2ccc(NCc3ccccc3)c([N+](=O)[O-])c2)C1. The molecule has 0 radical (unpaired) electrons. The number of likely N-dealkylation sites (tertiary alicyclic amines) is 1. The second-order valence-corrected chi connectivity index (χ2v) is 7.48. The molecule has 1 fully saturated rings. The van der Waals surface area contributed by atoms with Gasteiger partial charge in [0.25, 0.3) is 11.6 Å². The highest BCUT2D eigenvalue weighted by Gasteiger charge is 2.27. The molecule has 1 heterocycles. The number of nitro benzene ring substituents is 1. The minimum absolute atomic E-state index is 0.0742. The summed E-state index contributed by atoms with van der Waals surface area (Å²) < 4.78 is 0. The predicted octanol–water partition coefficient (Wildman–Crippen LogP) is 4.33. The summed E-state index contributed by atoms with van der Waals surface area (Å²) in [5.41, 5.74) is 1.74. The highest BCUT2D eigenvalue weighted by Crippen LogP contribution is 2.28. The maximum atomic E-state index is 12.8. The number of hydrogen-bond donors (Lipinski definition) is 1. The minimum Gasteiger partial charge on any atom is -0.375 e. The van der Waals surface area contributed by atoms with Gasteiger partial charge < -0.3 is 10.2 Å². The van der Waals surface area contributed by atoms with E-state index in [2.05, 4.69) is 19.2 Å². The molecule has 1 N–H and O–H groups in total. The Morgan fingerprint density at radius 3 is 2.44 bits per heavy atom. The van der Waals surface area contributed by atoms with Crippen LogP contribution in [-0.4, -0.2) is 28.8 Å². The first kappa shape index (κ1) is 18.9. The summed E-state index contributed by atoms with van der Waals surface area (Å²) in [4.78, 5) is 25.7. The average molecular weight is 367 g/mol. The van der Waals surface area contributed by atoms with Crippen molar-refractivity contribution in [3.63, 3.8) is 0 Å². The minimum atomic E-state index is -0.439. The van der Waals surface area contributed by atoms with Gasteiger partial charge in [0, 0.05) is 31.3 Å². The number of piperidine rings is 1. The molecule has 0 saturated carbocycles. The quantitative estimate of drug-likeness (QED) is 0.630. The molecular weight excluding hydrogens is 342 g/mol. The van der Waals surface area contributed by atoms with Gasteiger partial charge in [-0.2, -0.15) is 0 Å². The number of amides is 1. The number of carbonyl (C=O) groups is 1. The fourth-order valence-electron chi connectivity index (χ4n) is 3.77. The van der Waals surface area contributed by atoms with Crippen LogP contribution in [0, 0.1) is 22.0 Å². The third-order valence-corrected chi connectivity index (χ3v) is 4.92. The molecule has 1 aliphatic heterocycles. The monoisotopic (exact) mass is 367 g/mol. The molecule has 1 saturated heterocycles. The van der Waals surface area contributed by atoms with Crippen LogP contribution in [-0.2, 0) is 6.54 Å². The lowest BCUT2D eigenvalue weighted by molar-refractivity contribution is -0.384. The molecule has 2 aromatic carbocycles. The summed E-state index contributed by atoms with van der Waals surface area (Å²) in [6.45, 7) is 6.15. The first-order valence-corrected chi connectivity index (χ1v) is 9.29. The van der Waals surface area contributed by atoms with Crippen molar-refractivity contribution in [3.8, 4) is 0 Å². The molecule has 0 aliphatic carbocycles. The molecule has 142 valence electrons. The second kappa shape index (κ2) is 8.20. The molecule has 6 heteroatoms. The van der Waals surface area contributed by atoms with Crippen LogP contribution in [0.1, 0.15) is 36.2 Å². The second-order valence-electron chi connectivity index (χ2n) is 7.48. The van der Waals surface area contributed by atoms with E-state index in [-0.39, 0.29) is 11.6 Å². The van der Waals surface area contributed by atoms with E-state index in [1.54, 1.807) is 12.1 Å². The fraction of sp³-hybridized carbons (Fsp3) is 0.381. The van der Waals surface area contributed by atoms with Crippen molar-refractivity contribution in [1.82, 2.24) is 4.90 Å². The van der Waals surface area contributed by atoms with Gasteiger partial charge in [0.2, 0.25) is 0 Å². The molecule has 6 nitrogen and oxygen atoms in total. The van der Waals surface area contributed by atoms with E-state index in [4.69, 9.17) is 0 Å². The van der Waals surface area contributed by atoms with E-state index in [1.807, 2.05) is 35.2 Å². The molecule has 2 atom stereocenters. The summed E-state index contributed by atoms with van der Waals surface area (Å²) in [7, 11) is 0. The Balaban J connectivity index is 1.78. The van der Waals surface area contributed by atoms with Crippen molar-refractivity contribution < 1.29 is 9.72 Å². The van der Waals surface area contributed by atoms with Gasteiger partial charge >= 0.3 is 0 Å². The van der Waals surface area contributed by atoms with Gasteiger partial charge in [-0.3, -0.25) is 14.9 Å². The van der Waals surface area contributed by atoms with Crippen LogP contribution in [0.2, 0.25) is 0 Å². The van der Waals surface area contributed by atoms with Gasteiger partial charge in [0.15, 0.2) is 0 Å². The Labute approximate surface area is 159 Å². The van der Waals surface area contributed by atoms with E-state index in [0.717, 1.165) is 12.0 Å². The molecule has 1 amide bonds. The van der Waals surface area contributed by atoms with Gasteiger partial charge in [-0.1, -0.05) is 44.2 Å². The van der Waals surface area contributed by atoms with Crippen LogP contribution < -0.4 is 5.32 Å². The number of rotatable bonds is 5. The lowest BCUT2D eigenvalue weighted by Crippen LogP contribution is -2.42. The maximum Gasteiger partial charge on any atom is 0.293 e. The van der Waals surface area contributed by atoms with Crippen molar-refractivity contribution in [1.29, 1.82) is 0 Å². The highest BCUT2D eigenvalue weighted by atomic mass is 16.6. The van der Waals surface area contributed by atoms with Crippen molar-refractivity contribution in [2.45, 2.75) is 26.8 Å². The van der Waals surface area contributed by atoms with Crippen molar-refractivity contribution >= 4 is 17.3 Å². The lowest BCUT2D eigenvalue weighted by atomic mass is 9.91. The number of anilines is 1. The first-order valence-electron chi connectivity index (χ1n) is 9.29. The summed E-state index contributed by atoms with van der Waals surface area (Å²) in [6.07, 6.45) is 1.10. The normalized spacial score (nSPS) is 19.6. The van der Waals surface area contributed by atoms with Gasteiger partial charge in [-0.15, -0.1) is 0 Å². The molecule has 2 aromatic rings. The largest absolute Gasteiger partial charge is 0.375 e. The highest BCUT2D eigenvalue weighted by molar-refractivity contribution is 5.95. The van der Waals surface area contributed by atoms with E-state index < -0.39 is 4.92 Å². The fourth-order valence-corrected chi connectivity index (χ4v) is 3.77. The Morgan fingerprint density at radius 2 is 1.81 bits per heavy atom. The zero-order valence-corrected chi connectivity index (χ0v) is 15.7. The third-order valence-electron chi connectivity index (χ3n) is 4.92. The van der Waals surface area contributed by atoms with Crippen molar-refractivity contribution in [3.05, 3.63) is 69.8 Å². The number of nitrogens with zero attached hydrogens (tertiary/aromatic N) is 2. The van der Waals surface area contributed by atoms with Gasteiger partial charge in [0.05, 0.1) is 4.92 Å². The summed E-state index contributed by atoms with van der Waals surface area (Å²) in [6, 6.07) is 14.4. The average Bonchev–Trinajstić information content (AvgIpc) is 2.65. The van der Waals surface area contributed by atoms with Crippen molar-refractivity contribution in [2.75, 3.05) is 18.4 Å². The Bertz CT molecular complexity index is 813. The summed E-state index contributed by atoms with van der Waals surface area (Å²) in [5, 5.41) is 14.6. The Kier molecular flexibility index (Phi) is 5.74. The topological polar surface area (TPSA) is 75.5 Å². The molecule has 0 aromatic heterocycles. The summed E-state index contributed by atoms with van der Waals surface area (Å²) in [5.74, 6) is 0.755. The number of nitrogens with one attached hydrogen (secondary N) is 1. The first-order chi connectivity index (χ1) is 12.9. The van der Waals surface area contributed by atoms with Crippen molar-refractivity contribution in [2.24, 2.45) is 11.8 Å². The summed E-state index contributed by atoms with van der Waals surface area (Å²) >= 11 is 0. The zero-order chi connectivity index (χ0) is 19.4. The Hall–Kier alpha value is -2.89. The van der Waals surface area contributed by atoms with Gasteiger partial charge in [0.1, 0.15) is 5.69 Å². The molecule has 2 unspecified atom stereocenters. The van der Waals surface area contributed by atoms with E-state index in [0.29, 0.717) is 42.7 Å². The Morgan fingerprint density at radius 1 is 1.15 bits per heavy atom. The molecule has 1 aliphatic rings. The molecule has 0 bridgehead atoms. The third kappa shape index (κ3) is 4.64.